The van der Waals surface area contributed by atoms with Gasteiger partial charge in [0.1, 0.15) is 17.8 Å². The second-order valence-corrected chi connectivity index (χ2v) is 4.12. The first-order valence-corrected chi connectivity index (χ1v) is 6.16. The van der Waals surface area contributed by atoms with Crippen molar-refractivity contribution < 1.29 is 9.90 Å². The van der Waals surface area contributed by atoms with E-state index in [0.29, 0.717) is 12.0 Å². The van der Waals surface area contributed by atoms with Crippen LogP contribution >= 0.6 is 0 Å². The Morgan fingerprint density at radius 2 is 2.11 bits per heavy atom. The molecule has 0 bridgehead atoms. The van der Waals surface area contributed by atoms with Crippen molar-refractivity contribution in [1.82, 2.24) is 0 Å². The standard InChI is InChI=1S/C13H19N3O2/c1-2-3-4-5-6-10-7-11(16-15-9-14)13(18)8-12(10)17/h7-9,18H,2-6H2,1H3,(H2,14,15)/b16-11+. The summed E-state index contributed by atoms with van der Waals surface area (Å²) in [5, 5.41) is 16.8. The van der Waals surface area contributed by atoms with Gasteiger partial charge in [-0.2, -0.15) is 0 Å². The van der Waals surface area contributed by atoms with Gasteiger partial charge in [-0.3, -0.25) is 4.79 Å². The highest BCUT2D eigenvalue weighted by Gasteiger charge is 2.17. The van der Waals surface area contributed by atoms with Crippen molar-refractivity contribution in [1.29, 1.82) is 0 Å². The third-order valence-electron chi connectivity index (χ3n) is 2.69. The van der Waals surface area contributed by atoms with Crippen molar-refractivity contribution in [2.45, 2.75) is 39.0 Å². The van der Waals surface area contributed by atoms with Gasteiger partial charge >= 0.3 is 0 Å². The number of aliphatic hydroxyl groups excluding tert-OH is 1. The fourth-order valence-electron chi connectivity index (χ4n) is 1.71. The third-order valence-corrected chi connectivity index (χ3v) is 2.69. The monoisotopic (exact) mass is 249 g/mol. The highest BCUT2D eigenvalue weighted by Crippen LogP contribution is 2.17. The lowest BCUT2D eigenvalue weighted by Gasteiger charge is -2.10. The van der Waals surface area contributed by atoms with E-state index < -0.39 is 0 Å². The van der Waals surface area contributed by atoms with Crippen LogP contribution in [0, 0.1) is 0 Å². The number of nitrogens with zero attached hydrogens (tertiary/aromatic N) is 2. The van der Waals surface area contributed by atoms with Crippen molar-refractivity contribution in [3.63, 3.8) is 0 Å². The van der Waals surface area contributed by atoms with Gasteiger partial charge in [0.15, 0.2) is 5.78 Å². The zero-order valence-corrected chi connectivity index (χ0v) is 10.6. The summed E-state index contributed by atoms with van der Waals surface area (Å²) >= 11 is 0. The number of unbranched alkanes of at least 4 members (excludes halogenated alkanes) is 3. The van der Waals surface area contributed by atoms with Crippen LogP contribution in [0.4, 0.5) is 0 Å². The van der Waals surface area contributed by atoms with Crippen molar-refractivity contribution in [3.05, 3.63) is 23.5 Å². The highest BCUT2D eigenvalue weighted by molar-refractivity contribution is 6.20. The predicted molar refractivity (Wildman–Crippen MR) is 72.7 cm³/mol. The molecule has 0 aromatic rings. The minimum atomic E-state index is -0.164. The molecule has 0 fully saturated rings. The topological polar surface area (TPSA) is 88.0 Å². The quantitative estimate of drug-likeness (QED) is 0.249. The van der Waals surface area contributed by atoms with Gasteiger partial charge in [0.2, 0.25) is 0 Å². The second-order valence-electron chi connectivity index (χ2n) is 4.12. The zero-order chi connectivity index (χ0) is 13.4. The van der Waals surface area contributed by atoms with Gasteiger partial charge in [0.05, 0.1) is 0 Å². The molecule has 0 aromatic carbocycles. The Hall–Kier alpha value is -1.91. The Labute approximate surface area is 107 Å². The van der Waals surface area contributed by atoms with Crippen molar-refractivity contribution in [3.8, 4) is 0 Å². The van der Waals surface area contributed by atoms with Gasteiger partial charge < -0.3 is 10.8 Å². The third kappa shape index (κ3) is 4.16. The first kappa shape index (κ1) is 14.2. The van der Waals surface area contributed by atoms with Gasteiger partial charge in [-0.05, 0) is 18.9 Å². The van der Waals surface area contributed by atoms with Gasteiger partial charge in [-0.1, -0.05) is 26.2 Å². The van der Waals surface area contributed by atoms with E-state index in [4.69, 9.17) is 5.73 Å². The number of hydrogen-bond acceptors (Lipinski definition) is 4. The molecule has 0 radical (unpaired) electrons. The summed E-state index contributed by atoms with van der Waals surface area (Å²) in [6.45, 7) is 2.14. The van der Waals surface area contributed by atoms with E-state index in [2.05, 4.69) is 17.1 Å². The first-order valence-electron chi connectivity index (χ1n) is 6.16. The van der Waals surface area contributed by atoms with Crippen molar-refractivity contribution >= 4 is 17.8 Å². The molecule has 0 aromatic heterocycles. The van der Waals surface area contributed by atoms with Crippen LogP contribution in [-0.2, 0) is 4.79 Å². The van der Waals surface area contributed by atoms with Crippen LogP contribution in [0.5, 0.6) is 0 Å². The molecule has 0 spiro atoms. The highest BCUT2D eigenvalue weighted by atomic mass is 16.3. The average Bonchev–Trinajstić information content (AvgIpc) is 2.35. The molecule has 1 aliphatic rings. The summed E-state index contributed by atoms with van der Waals surface area (Å²) in [5.41, 5.74) is 6.02. The van der Waals surface area contributed by atoms with Gasteiger partial charge in [-0.25, -0.2) is 0 Å². The molecular weight excluding hydrogens is 230 g/mol. The second kappa shape index (κ2) is 7.42. The lowest BCUT2D eigenvalue weighted by atomic mass is 9.96. The van der Waals surface area contributed by atoms with Crippen LogP contribution in [0.3, 0.4) is 0 Å². The Balaban J connectivity index is 2.68. The first-order chi connectivity index (χ1) is 8.69. The number of hydrogen-bond donors (Lipinski definition) is 2. The van der Waals surface area contributed by atoms with Gasteiger partial charge in [0, 0.05) is 11.6 Å². The van der Waals surface area contributed by atoms with Crippen molar-refractivity contribution in [2.75, 3.05) is 0 Å². The number of rotatable bonds is 6. The lowest BCUT2D eigenvalue weighted by molar-refractivity contribution is -0.111. The van der Waals surface area contributed by atoms with Crippen molar-refractivity contribution in [2.24, 2.45) is 15.9 Å². The molecule has 3 N–H and O–H groups in total. The smallest absolute Gasteiger partial charge is 0.185 e. The SMILES string of the molecule is CCCCCCC1=C/C(=N\N=C/N)C(O)=CC1=O. The van der Waals surface area contributed by atoms with Crippen LogP contribution in [0.15, 0.2) is 33.7 Å². The van der Waals surface area contributed by atoms with E-state index in [-0.39, 0.29) is 17.3 Å². The maximum absolute atomic E-state index is 11.7. The maximum atomic E-state index is 11.7. The van der Waals surface area contributed by atoms with E-state index in [9.17, 15) is 9.90 Å². The number of aliphatic hydroxyl groups is 1. The normalized spacial score (nSPS) is 18.3. The molecule has 98 valence electrons. The van der Waals surface area contributed by atoms with Crippen LogP contribution in [0.25, 0.3) is 0 Å². The molecule has 1 rings (SSSR count). The Bertz CT molecular complexity index is 420. The molecule has 1 aliphatic carbocycles. The van der Waals surface area contributed by atoms with Crippen LogP contribution < -0.4 is 5.73 Å². The molecule has 0 aliphatic heterocycles. The number of nitrogens with two attached hydrogens (primary N) is 1. The molecule has 5 heteroatoms. The van der Waals surface area contributed by atoms with E-state index in [1.165, 1.54) is 12.5 Å². The Morgan fingerprint density at radius 3 is 2.78 bits per heavy atom. The Morgan fingerprint density at radius 1 is 1.33 bits per heavy atom. The Kier molecular flexibility index (Phi) is 5.84. The molecule has 0 atom stereocenters. The van der Waals surface area contributed by atoms with Gasteiger partial charge in [-0.15, -0.1) is 10.2 Å². The summed E-state index contributed by atoms with van der Waals surface area (Å²) < 4.78 is 0. The summed E-state index contributed by atoms with van der Waals surface area (Å²) in [6.07, 6.45) is 8.89. The molecule has 18 heavy (non-hydrogen) atoms. The number of ketones is 1. The summed E-state index contributed by atoms with van der Waals surface area (Å²) in [7, 11) is 0. The molecule has 5 nitrogen and oxygen atoms in total. The predicted octanol–water partition coefficient (Wildman–Crippen LogP) is 2.25. The largest absolute Gasteiger partial charge is 0.505 e. The molecular formula is C13H19N3O2. The van der Waals surface area contributed by atoms with Crippen LogP contribution in [0.2, 0.25) is 0 Å². The maximum Gasteiger partial charge on any atom is 0.185 e. The summed E-state index contributed by atoms with van der Waals surface area (Å²) in [5.74, 6) is -0.317. The molecule has 0 saturated heterocycles. The van der Waals surface area contributed by atoms with E-state index >= 15 is 0 Å². The summed E-state index contributed by atoms with van der Waals surface area (Å²) in [4.78, 5) is 11.7. The minimum Gasteiger partial charge on any atom is -0.505 e. The molecule has 0 heterocycles. The fourth-order valence-corrected chi connectivity index (χ4v) is 1.71. The number of allylic oxidation sites excluding steroid dienone is 3. The number of carbonyl (C=O) groups excluding carboxylic acids is 1. The molecule has 0 amide bonds. The fraction of sp³-hybridized carbons (Fsp3) is 0.462. The average molecular weight is 249 g/mol. The van der Waals surface area contributed by atoms with E-state index in [0.717, 1.165) is 25.6 Å². The lowest BCUT2D eigenvalue weighted by Crippen LogP contribution is -2.13. The van der Waals surface area contributed by atoms with Crippen LogP contribution in [-0.4, -0.2) is 22.9 Å². The molecule has 0 saturated carbocycles. The van der Waals surface area contributed by atoms with E-state index in [1.54, 1.807) is 6.08 Å². The minimum absolute atomic E-state index is 0.153. The molecule has 0 unspecified atom stereocenters. The van der Waals surface area contributed by atoms with Gasteiger partial charge in [0.25, 0.3) is 0 Å². The number of carbonyl (C=O) groups is 1. The van der Waals surface area contributed by atoms with Crippen LogP contribution in [0.1, 0.15) is 39.0 Å². The summed E-state index contributed by atoms with van der Waals surface area (Å²) in [6, 6.07) is 0. The van der Waals surface area contributed by atoms with E-state index in [1.807, 2.05) is 0 Å². The zero-order valence-electron chi connectivity index (χ0n) is 10.6.